The number of benzene rings is 2. The lowest BCUT2D eigenvalue weighted by atomic mass is 10.2. The van der Waals surface area contributed by atoms with Crippen molar-refractivity contribution in [3.05, 3.63) is 72.3 Å². The van der Waals surface area contributed by atoms with Gasteiger partial charge >= 0.3 is 0 Å². The minimum atomic E-state index is -0.0611. The van der Waals surface area contributed by atoms with Gasteiger partial charge in [0, 0.05) is 31.0 Å². The number of ether oxygens (including phenoxy) is 1. The molecule has 0 saturated carbocycles. The SMILES string of the molecule is COc1ccc(C(=O)N(CCCn2ccnc2)c2nc3ccc(C)cc3s2)cc1. The summed E-state index contributed by atoms with van der Waals surface area (Å²) in [7, 11) is 1.61. The van der Waals surface area contributed by atoms with Crippen LogP contribution in [0.4, 0.5) is 5.13 Å². The average Bonchev–Trinajstić information content (AvgIpc) is 3.40. The van der Waals surface area contributed by atoms with E-state index in [1.165, 1.54) is 5.56 Å². The molecule has 29 heavy (non-hydrogen) atoms. The van der Waals surface area contributed by atoms with Crippen LogP contribution in [0.3, 0.4) is 0 Å². The van der Waals surface area contributed by atoms with E-state index in [0.717, 1.165) is 34.1 Å². The molecule has 0 aliphatic heterocycles. The maximum absolute atomic E-state index is 13.3. The van der Waals surface area contributed by atoms with Crippen LogP contribution in [-0.2, 0) is 6.54 Å². The molecule has 2 aromatic heterocycles. The van der Waals surface area contributed by atoms with Crippen molar-refractivity contribution in [3.8, 4) is 5.75 Å². The molecule has 2 heterocycles. The van der Waals surface area contributed by atoms with Crippen LogP contribution in [-0.4, -0.2) is 34.1 Å². The second-order valence-electron chi connectivity index (χ2n) is 6.81. The van der Waals surface area contributed by atoms with Crippen molar-refractivity contribution < 1.29 is 9.53 Å². The van der Waals surface area contributed by atoms with Gasteiger partial charge in [0.2, 0.25) is 0 Å². The number of fused-ring (bicyclic) bond motifs is 1. The Morgan fingerprint density at radius 3 is 2.76 bits per heavy atom. The normalized spacial score (nSPS) is 11.0. The summed E-state index contributed by atoms with van der Waals surface area (Å²) in [5.74, 6) is 0.665. The van der Waals surface area contributed by atoms with Gasteiger partial charge in [-0.05, 0) is 55.3 Å². The number of carbonyl (C=O) groups excluding carboxylic acids is 1. The Bertz CT molecular complexity index is 1100. The number of hydrogen-bond donors (Lipinski definition) is 0. The number of rotatable bonds is 7. The Morgan fingerprint density at radius 1 is 1.21 bits per heavy atom. The fourth-order valence-corrected chi connectivity index (χ4v) is 4.23. The average molecular weight is 407 g/mol. The highest BCUT2D eigenvalue weighted by Gasteiger charge is 2.21. The number of methoxy groups -OCH3 is 1. The highest BCUT2D eigenvalue weighted by Crippen LogP contribution is 2.30. The maximum Gasteiger partial charge on any atom is 0.260 e. The number of nitrogens with zero attached hydrogens (tertiary/aromatic N) is 4. The van der Waals surface area contributed by atoms with E-state index in [1.54, 1.807) is 60.1 Å². The summed E-state index contributed by atoms with van der Waals surface area (Å²) < 4.78 is 8.30. The molecule has 0 fully saturated rings. The lowest BCUT2D eigenvalue weighted by Gasteiger charge is -2.20. The third kappa shape index (κ3) is 4.30. The molecule has 0 N–H and O–H groups in total. The van der Waals surface area contributed by atoms with E-state index < -0.39 is 0 Å². The summed E-state index contributed by atoms with van der Waals surface area (Å²) in [6.45, 7) is 3.42. The second kappa shape index (κ2) is 8.45. The number of hydrogen-bond acceptors (Lipinski definition) is 5. The van der Waals surface area contributed by atoms with E-state index in [0.29, 0.717) is 12.1 Å². The summed E-state index contributed by atoms with van der Waals surface area (Å²) in [5.41, 5.74) is 2.71. The zero-order valence-electron chi connectivity index (χ0n) is 16.4. The largest absolute Gasteiger partial charge is 0.497 e. The van der Waals surface area contributed by atoms with Crippen molar-refractivity contribution in [2.45, 2.75) is 19.9 Å². The van der Waals surface area contributed by atoms with Crippen LogP contribution in [0.25, 0.3) is 10.2 Å². The van der Waals surface area contributed by atoms with Gasteiger partial charge in [0.1, 0.15) is 5.75 Å². The van der Waals surface area contributed by atoms with Crippen molar-refractivity contribution in [2.24, 2.45) is 0 Å². The van der Waals surface area contributed by atoms with Gasteiger partial charge in [-0.3, -0.25) is 9.69 Å². The molecule has 4 rings (SSSR count). The van der Waals surface area contributed by atoms with E-state index in [-0.39, 0.29) is 5.91 Å². The third-order valence-corrected chi connectivity index (χ3v) is 5.74. The molecule has 0 aliphatic carbocycles. The topological polar surface area (TPSA) is 60.2 Å². The van der Waals surface area contributed by atoms with Crippen molar-refractivity contribution in [1.29, 1.82) is 0 Å². The molecule has 148 valence electrons. The number of aromatic nitrogens is 3. The summed E-state index contributed by atoms with van der Waals surface area (Å²) in [5, 5.41) is 0.719. The predicted molar refractivity (Wildman–Crippen MR) is 116 cm³/mol. The molecule has 1 amide bonds. The molecular formula is C22H22N4O2S. The molecule has 0 spiro atoms. The van der Waals surface area contributed by atoms with E-state index >= 15 is 0 Å². The number of thiazole rings is 1. The maximum atomic E-state index is 13.3. The molecule has 6 nitrogen and oxygen atoms in total. The van der Waals surface area contributed by atoms with E-state index in [9.17, 15) is 4.79 Å². The fraction of sp³-hybridized carbons (Fsp3) is 0.227. The van der Waals surface area contributed by atoms with Crippen LogP contribution in [0.5, 0.6) is 5.75 Å². The molecule has 0 bridgehead atoms. The van der Waals surface area contributed by atoms with Crippen LogP contribution in [0.1, 0.15) is 22.3 Å². The van der Waals surface area contributed by atoms with Crippen LogP contribution in [0.15, 0.2) is 61.2 Å². The fourth-order valence-electron chi connectivity index (χ4n) is 3.14. The van der Waals surface area contributed by atoms with E-state index in [1.807, 2.05) is 22.9 Å². The van der Waals surface area contributed by atoms with Crippen molar-refractivity contribution in [1.82, 2.24) is 14.5 Å². The number of imidazole rings is 1. The lowest BCUT2D eigenvalue weighted by Crippen LogP contribution is -2.32. The first kappa shape index (κ1) is 19.1. The number of anilines is 1. The molecule has 0 unspecified atom stereocenters. The standard InChI is InChI=1S/C22H22N4O2S/c1-16-4-9-19-20(14-16)29-22(24-19)26(12-3-11-25-13-10-23-15-25)21(27)17-5-7-18(28-2)8-6-17/h4-10,13-15H,3,11-12H2,1-2H3. The van der Waals surface area contributed by atoms with Gasteiger partial charge in [-0.1, -0.05) is 17.4 Å². The first-order valence-corrected chi connectivity index (χ1v) is 10.2. The smallest absolute Gasteiger partial charge is 0.260 e. The molecule has 2 aromatic carbocycles. The molecule has 0 radical (unpaired) electrons. The van der Waals surface area contributed by atoms with Crippen LogP contribution < -0.4 is 9.64 Å². The van der Waals surface area contributed by atoms with E-state index in [2.05, 4.69) is 18.0 Å². The highest BCUT2D eigenvalue weighted by molar-refractivity contribution is 7.22. The summed E-state index contributed by atoms with van der Waals surface area (Å²) in [6.07, 6.45) is 6.27. The van der Waals surface area contributed by atoms with Crippen LogP contribution >= 0.6 is 11.3 Å². The van der Waals surface area contributed by atoms with Gasteiger partial charge < -0.3 is 9.30 Å². The Labute approximate surface area is 173 Å². The highest BCUT2D eigenvalue weighted by atomic mass is 32.1. The van der Waals surface area contributed by atoms with Gasteiger partial charge in [-0.2, -0.15) is 0 Å². The van der Waals surface area contributed by atoms with Gasteiger partial charge in [-0.15, -0.1) is 0 Å². The van der Waals surface area contributed by atoms with E-state index in [4.69, 9.17) is 9.72 Å². The summed E-state index contributed by atoms with van der Waals surface area (Å²) >= 11 is 1.55. The van der Waals surface area contributed by atoms with Gasteiger partial charge in [-0.25, -0.2) is 9.97 Å². The third-order valence-electron chi connectivity index (χ3n) is 4.70. The zero-order chi connectivity index (χ0) is 20.2. The molecule has 0 atom stereocenters. The minimum Gasteiger partial charge on any atom is -0.497 e. The van der Waals surface area contributed by atoms with Gasteiger partial charge in [0.25, 0.3) is 5.91 Å². The quantitative estimate of drug-likeness (QED) is 0.452. The Morgan fingerprint density at radius 2 is 2.03 bits per heavy atom. The van der Waals surface area contributed by atoms with Gasteiger partial charge in [0.15, 0.2) is 5.13 Å². The molecule has 7 heteroatoms. The predicted octanol–water partition coefficient (Wildman–Crippen LogP) is 4.55. The number of carbonyl (C=O) groups is 1. The van der Waals surface area contributed by atoms with Crippen molar-refractivity contribution in [2.75, 3.05) is 18.6 Å². The Kier molecular flexibility index (Phi) is 5.57. The molecule has 0 saturated heterocycles. The number of amides is 1. The Balaban J connectivity index is 1.61. The van der Waals surface area contributed by atoms with Crippen molar-refractivity contribution in [3.63, 3.8) is 0 Å². The zero-order valence-corrected chi connectivity index (χ0v) is 17.2. The Hall–Kier alpha value is -3.19. The van der Waals surface area contributed by atoms with Gasteiger partial charge in [0.05, 0.1) is 23.7 Å². The number of aryl methyl sites for hydroxylation is 2. The monoisotopic (exact) mass is 406 g/mol. The molecular weight excluding hydrogens is 384 g/mol. The molecule has 4 aromatic rings. The summed E-state index contributed by atoms with van der Waals surface area (Å²) in [4.78, 5) is 23.9. The second-order valence-corrected chi connectivity index (χ2v) is 7.82. The minimum absolute atomic E-state index is 0.0611. The van der Waals surface area contributed by atoms with Crippen molar-refractivity contribution >= 4 is 32.6 Å². The summed E-state index contributed by atoms with van der Waals surface area (Å²) in [6, 6.07) is 13.4. The van der Waals surface area contributed by atoms with Crippen LogP contribution in [0, 0.1) is 6.92 Å². The lowest BCUT2D eigenvalue weighted by molar-refractivity contribution is 0.0986. The first-order chi connectivity index (χ1) is 14.1. The van der Waals surface area contributed by atoms with Crippen LogP contribution in [0.2, 0.25) is 0 Å². The first-order valence-electron chi connectivity index (χ1n) is 9.43. The molecule has 0 aliphatic rings.